The average molecular weight is 380 g/mol. The molecule has 0 bridgehead atoms. The van der Waals surface area contributed by atoms with Crippen LogP contribution < -0.4 is 20.7 Å². The van der Waals surface area contributed by atoms with Crippen molar-refractivity contribution in [2.75, 3.05) is 29.6 Å². The van der Waals surface area contributed by atoms with Crippen LogP contribution in [0.15, 0.2) is 30.3 Å². The Bertz CT molecular complexity index is 843. The fourth-order valence-electron chi connectivity index (χ4n) is 2.24. The highest BCUT2D eigenvalue weighted by atomic mass is 35.5. The molecule has 0 saturated carbocycles. The fraction of sp³-hybridized carbons (Fsp3) is 0.222. The lowest BCUT2D eigenvalue weighted by molar-refractivity contribution is -0.115. The quantitative estimate of drug-likeness (QED) is 0.713. The number of methoxy groups -OCH3 is 1. The van der Waals surface area contributed by atoms with Crippen LogP contribution in [-0.4, -0.2) is 25.5 Å². The third-order valence-electron chi connectivity index (χ3n) is 3.48. The largest absolute Gasteiger partial charge is 0.495 e. The third-order valence-corrected chi connectivity index (χ3v) is 3.89. The van der Waals surface area contributed by atoms with Crippen molar-refractivity contribution >= 4 is 40.5 Å². The van der Waals surface area contributed by atoms with Crippen LogP contribution in [0.25, 0.3) is 0 Å². The number of carbonyl (C=O) groups is 2. The summed E-state index contributed by atoms with van der Waals surface area (Å²) in [4.78, 5) is 23.2. The van der Waals surface area contributed by atoms with Gasteiger partial charge in [-0.3, -0.25) is 9.59 Å². The van der Waals surface area contributed by atoms with Crippen LogP contribution in [-0.2, 0) is 9.59 Å². The molecule has 0 spiro atoms. The van der Waals surface area contributed by atoms with Crippen LogP contribution >= 0.6 is 11.6 Å². The summed E-state index contributed by atoms with van der Waals surface area (Å²) in [5.74, 6) is -0.778. The minimum atomic E-state index is -0.535. The Kier molecular flexibility index (Phi) is 6.41. The van der Waals surface area contributed by atoms with Crippen molar-refractivity contribution in [2.45, 2.75) is 13.8 Å². The molecule has 0 aliphatic carbocycles. The number of halogens is 2. The van der Waals surface area contributed by atoms with Gasteiger partial charge in [0, 0.05) is 23.7 Å². The maximum atomic E-state index is 13.9. The molecule has 2 rings (SSSR count). The number of anilines is 3. The maximum absolute atomic E-state index is 13.9. The lowest BCUT2D eigenvalue weighted by atomic mass is 10.2. The Morgan fingerprint density at radius 3 is 2.54 bits per heavy atom. The van der Waals surface area contributed by atoms with Gasteiger partial charge in [0.25, 0.3) is 0 Å². The van der Waals surface area contributed by atoms with E-state index in [-0.39, 0.29) is 18.1 Å². The van der Waals surface area contributed by atoms with Gasteiger partial charge in [0.1, 0.15) is 11.6 Å². The normalized spacial score (nSPS) is 10.2. The second-order valence-electron chi connectivity index (χ2n) is 5.58. The number of hydrogen-bond donors (Lipinski definition) is 3. The lowest BCUT2D eigenvalue weighted by Crippen LogP contribution is -2.22. The first-order valence-electron chi connectivity index (χ1n) is 7.75. The van der Waals surface area contributed by atoms with Crippen molar-refractivity contribution in [3.63, 3.8) is 0 Å². The zero-order valence-electron chi connectivity index (χ0n) is 14.6. The highest BCUT2D eigenvalue weighted by Crippen LogP contribution is 2.30. The monoisotopic (exact) mass is 379 g/mol. The van der Waals surface area contributed by atoms with E-state index in [0.29, 0.717) is 22.1 Å². The molecule has 2 aromatic rings. The molecule has 0 heterocycles. The Balaban J connectivity index is 2.05. The van der Waals surface area contributed by atoms with Crippen molar-refractivity contribution in [3.05, 3.63) is 46.7 Å². The number of hydrogen-bond acceptors (Lipinski definition) is 4. The smallest absolute Gasteiger partial charge is 0.243 e. The number of carbonyl (C=O) groups excluding carboxylic acids is 2. The van der Waals surface area contributed by atoms with Crippen molar-refractivity contribution in [2.24, 2.45) is 0 Å². The maximum Gasteiger partial charge on any atom is 0.243 e. The molecule has 0 saturated heterocycles. The number of benzene rings is 2. The van der Waals surface area contributed by atoms with Crippen LogP contribution in [0.2, 0.25) is 5.02 Å². The van der Waals surface area contributed by atoms with E-state index in [1.54, 1.807) is 19.1 Å². The molecule has 0 aliphatic rings. The van der Waals surface area contributed by atoms with E-state index >= 15 is 0 Å². The number of ether oxygens (including phenoxy) is 1. The lowest BCUT2D eigenvalue weighted by Gasteiger charge is -2.13. The van der Waals surface area contributed by atoms with E-state index in [1.165, 1.54) is 32.2 Å². The van der Waals surface area contributed by atoms with Crippen LogP contribution in [0.1, 0.15) is 12.5 Å². The van der Waals surface area contributed by atoms with Crippen molar-refractivity contribution in [1.82, 2.24) is 0 Å². The summed E-state index contributed by atoms with van der Waals surface area (Å²) in [5, 5.41) is 8.47. The van der Waals surface area contributed by atoms with Gasteiger partial charge in [-0.15, -0.1) is 0 Å². The minimum Gasteiger partial charge on any atom is -0.495 e. The van der Waals surface area contributed by atoms with E-state index in [1.807, 2.05) is 0 Å². The van der Waals surface area contributed by atoms with E-state index in [4.69, 9.17) is 16.3 Å². The van der Waals surface area contributed by atoms with Crippen molar-refractivity contribution in [3.8, 4) is 5.75 Å². The molecule has 0 radical (unpaired) electrons. The number of aryl methyl sites for hydroxylation is 1. The molecular weight excluding hydrogens is 361 g/mol. The summed E-state index contributed by atoms with van der Waals surface area (Å²) in [6.07, 6.45) is 0. The molecule has 138 valence electrons. The zero-order chi connectivity index (χ0) is 19.3. The van der Waals surface area contributed by atoms with Gasteiger partial charge < -0.3 is 20.7 Å². The molecule has 6 nitrogen and oxygen atoms in total. The molecule has 2 amide bonds. The van der Waals surface area contributed by atoms with Gasteiger partial charge in [-0.1, -0.05) is 11.6 Å². The molecular formula is C18H19ClFN3O3. The predicted octanol–water partition coefficient (Wildman–Crippen LogP) is 3.81. The molecule has 0 aromatic heterocycles. The first kappa shape index (κ1) is 19.5. The second-order valence-corrected chi connectivity index (χ2v) is 5.99. The Labute approximate surface area is 155 Å². The molecule has 0 fully saturated rings. The molecule has 0 aliphatic heterocycles. The van der Waals surface area contributed by atoms with E-state index in [9.17, 15) is 14.0 Å². The summed E-state index contributed by atoms with van der Waals surface area (Å²) in [7, 11) is 1.47. The van der Waals surface area contributed by atoms with E-state index < -0.39 is 11.7 Å². The van der Waals surface area contributed by atoms with Crippen LogP contribution in [0.5, 0.6) is 5.75 Å². The summed E-state index contributed by atoms with van der Waals surface area (Å²) < 4.78 is 19.1. The highest BCUT2D eigenvalue weighted by molar-refractivity contribution is 6.31. The van der Waals surface area contributed by atoms with Gasteiger partial charge in [0.15, 0.2) is 0 Å². The molecule has 0 unspecified atom stereocenters. The topological polar surface area (TPSA) is 79.5 Å². The fourth-order valence-corrected chi connectivity index (χ4v) is 2.40. The first-order chi connectivity index (χ1) is 12.3. The number of rotatable bonds is 6. The van der Waals surface area contributed by atoms with Gasteiger partial charge in [0.2, 0.25) is 11.8 Å². The second kappa shape index (κ2) is 8.53. The molecule has 3 N–H and O–H groups in total. The van der Waals surface area contributed by atoms with Crippen LogP contribution in [0.4, 0.5) is 21.5 Å². The SMILES string of the molecule is COc1cc(Cl)c(C)cc1NC(=O)CNc1cc(NC(C)=O)ccc1F. The zero-order valence-corrected chi connectivity index (χ0v) is 15.3. The van der Waals surface area contributed by atoms with Gasteiger partial charge >= 0.3 is 0 Å². The molecule has 2 aromatic carbocycles. The van der Waals surface area contributed by atoms with Gasteiger partial charge in [-0.2, -0.15) is 0 Å². The number of nitrogens with one attached hydrogen (secondary N) is 3. The van der Waals surface area contributed by atoms with Crippen molar-refractivity contribution < 1.29 is 18.7 Å². The van der Waals surface area contributed by atoms with Crippen LogP contribution in [0.3, 0.4) is 0 Å². The highest BCUT2D eigenvalue weighted by Gasteiger charge is 2.11. The minimum absolute atomic E-state index is 0.102. The average Bonchev–Trinajstić information content (AvgIpc) is 2.58. The standard InChI is InChI=1S/C18H19ClFN3O3/c1-10-6-16(17(26-3)8-13(10)19)23-18(25)9-21-15-7-12(22-11(2)24)4-5-14(15)20/h4-8,21H,9H2,1-3H3,(H,22,24)(H,23,25). The van der Waals surface area contributed by atoms with Gasteiger partial charge in [-0.05, 0) is 36.8 Å². The summed E-state index contributed by atoms with van der Waals surface area (Å²) in [6, 6.07) is 7.35. The Hall–Kier alpha value is -2.80. The summed E-state index contributed by atoms with van der Waals surface area (Å²) >= 11 is 6.03. The molecule has 8 heteroatoms. The molecule has 26 heavy (non-hydrogen) atoms. The third kappa shape index (κ3) is 5.10. The summed E-state index contributed by atoms with van der Waals surface area (Å²) in [6.45, 7) is 2.98. The van der Waals surface area contributed by atoms with Gasteiger partial charge in [-0.25, -0.2) is 4.39 Å². The Morgan fingerprint density at radius 2 is 1.88 bits per heavy atom. The number of amides is 2. The van der Waals surface area contributed by atoms with Crippen molar-refractivity contribution in [1.29, 1.82) is 0 Å². The van der Waals surface area contributed by atoms with Crippen LogP contribution in [0, 0.1) is 12.7 Å². The van der Waals surface area contributed by atoms with E-state index in [0.717, 1.165) is 5.56 Å². The molecule has 0 atom stereocenters. The Morgan fingerprint density at radius 1 is 1.15 bits per heavy atom. The predicted molar refractivity (Wildman–Crippen MR) is 101 cm³/mol. The van der Waals surface area contributed by atoms with E-state index in [2.05, 4.69) is 16.0 Å². The summed E-state index contributed by atoms with van der Waals surface area (Å²) in [5.41, 5.74) is 1.78. The van der Waals surface area contributed by atoms with Gasteiger partial charge in [0.05, 0.1) is 25.0 Å². The first-order valence-corrected chi connectivity index (χ1v) is 8.13.